The van der Waals surface area contributed by atoms with Crippen molar-refractivity contribution in [2.75, 3.05) is 6.54 Å². The molecule has 68 valence electrons. The molecule has 1 aliphatic heterocycles. The highest BCUT2D eigenvalue weighted by Crippen LogP contribution is 2.25. The summed E-state index contributed by atoms with van der Waals surface area (Å²) in [4.78, 5) is 0. The number of hydrogen-bond donors (Lipinski definition) is 1. The zero-order chi connectivity index (χ0) is 9.26. The SMILES string of the molecule is ON1CC=CC1c1ccc(Cl)cc1. The van der Waals surface area contributed by atoms with Gasteiger partial charge in [0, 0.05) is 11.6 Å². The summed E-state index contributed by atoms with van der Waals surface area (Å²) in [5.41, 5.74) is 1.06. The summed E-state index contributed by atoms with van der Waals surface area (Å²) in [6.07, 6.45) is 3.92. The summed E-state index contributed by atoms with van der Waals surface area (Å²) in [6.45, 7) is 0.591. The average Bonchev–Trinajstić information content (AvgIpc) is 2.53. The van der Waals surface area contributed by atoms with Crippen molar-refractivity contribution in [2.24, 2.45) is 0 Å². The van der Waals surface area contributed by atoms with Crippen molar-refractivity contribution < 1.29 is 5.21 Å². The second kappa shape index (κ2) is 3.50. The standard InChI is InChI=1S/C10H10ClNO/c11-9-5-3-8(4-6-9)10-2-1-7-12(10)13/h1-6,10,13H,7H2. The molecule has 0 bridgehead atoms. The third kappa shape index (κ3) is 1.75. The zero-order valence-electron chi connectivity index (χ0n) is 7.02. The van der Waals surface area contributed by atoms with Crippen molar-refractivity contribution in [1.29, 1.82) is 0 Å². The van der Waals surface area contributed by atoms with Crippen LogP contribution in [0.25, 0.3) is 0 Å². The van der Waals surface area contributed by atoms with E-state index in [4.69, 9.17) is 11.6 Å². The van der Waals surface area contributed by atoms with Crippen LogP contribution in [0.5, 0.6) is 0 Å². The van der Waals surface area contributed by atoms with Crippen LogP contribution in [0.4, 0.5) is 0 Å². The Morgan fingerprint density at radius 3 is 2.54 bits per heavy atom. The molecule has 1 N–H and O–H groups in total. The molecule has 0 aliphatic carbocycles. The van der Waals surface area contributed by atoms with Crippen molar-refractivity contribution >= 4 is 11.6 Å². The van der Waals surface area contributed by atoms with E-state index in [2.05, 4.69) is 0 Å². The minimum Gasteiger partial charge on any atom is -0.313 e. The molecule has 0 aromatic heterocycles. The van der Waals surface area contributed by atoms with Crippen LogP contribution in [-0.4, -0.2) is 16.8 Å². The van der Waals surface area contributed by atoms with E-state index in [0.717, 1.165) is 10.6 Å². The van der Waals surface area contributed by atoms with Gasteiger partial charge in [0.2, 0.25) is 0 Å². The zero-order valence-corrected chi connectivity index (χ0v) is 7.78. The van der Waals surface area contributed by atoms with Gasteiger partial charge in [0.05, 0.1) is 6.04 Å². The summed E-state index contributed by atoms with van der Waals surface area (Å²) in [5.74, 6) is 0. The molecule has 1 aromatic rings. The highest BCUT2D eigenvalue weighted by molar-refractivity contribution is 6.30. The second-order valence-corrected chi connectivity index (χ2v) is 3.48. The molecule has 0 amide bonds. The number of nitrogens with zero attached hydrogens (tertiary/aromatic N) is 1. The van der Waals surface area contributed by atoms with E-state index in [1.807, 2.05) is 36.4 Å². The van der Waals surface area contributed by atoms with E-state index >= 15 is 0 Å². The number of hydroxylamine groups is 2. The summed E-state index contributed by atoms with van der Waals surface area (Å²) < 4.78 is 0. The first-order valence-corrected chi connectivity index (χ1v) is 4.53. The van der Waals surface area contributed by atoms with Gasteiger partial charge in [0.15, 0.2) is 0 Å². The van der Waals surface area contributed by atoms with Crippen LogP contribution >= 0.6 is 11.6 Å². The predicted octanol–water partition coefficient (Wildman–Crippen LogP) is 2.64. The molecule has 0 radical (unpaired) electrons. The molecule has 2 nitrogen and oxygen atoms in total. The molecular weight excluding hydrogens is 186 g/mol. The van der Waals surface area contributed by atoms with Crippen molar-refractivity contribution in [3.05, 3.63) is 47.0 Å². The van der Waals surface area contributed by atoms with E-state index in [1.165, 1.54) is 5.06 Å². The lowest BCUT2D eigenvalue weighted by Gasteiger charge is -2.17. The Labute approximate surface area is 82.0 Å². The number of halogens is 1. The monoisotopic (exact) mass is 195 g/mol. The Morgan fingerprint density at radius 2 is 2.00 bits per heavy atom. The molecule has 0 saturated heterocycles. The Hall–Kier alpha value is -0.830. The predicted molar refractivity (Wildman–Crippen MR) is 51.8 cm³/mol. The summed E-state index contributed by atoms with van der Waals surface area (Å²) in [6, 6.07) is 7.49. The molecule has 1 aromatic carbocycles. The fourth-order valence-electron chi connectivity index (χ4n) is 1.45. The molecule has 1 aliphatic rings. The van der Waals surface area contributed by atoms with Gasteiger partial charge in [0.25, 0.3) is 0 Å². The van der Waals surface area contributed by atoms with Crippen LogP contribution in [-0.2, 0) is 0 Å². The molecule has 1 unspecified atom stereocenters. The number of benzene rings is 1. The van der Waals surface area contributed by atoms with Crippen LogP contribution < -0.4 is 0 Å². The van der Waals surface area contributed by atoms with Crippen molar-refractivity contribution in [1.82, 2.24) is 5.06 Å². The third-order valence-corrected chi connectivity index (χ3v) is 2.40. The van der Waals surface area contributed by atoms with E-state index in [0.29, 0.717) is 6.54 Å². The highest BCUT2D eigenvalue weighted by atomic mass is 35.5. The second-order valence-electron chi connectivity index (χ2n) is 3.05. The average molecular weight is 196 g/mol. The van der Waals surface area contributed by atoms with Crippen molar-refractivity contribution in [3.8, 4) is 0 Å². The van der Waals surface area contributed by atoms with Crippen LogP contribution in [0.2, 0.25) is 5.02 Å². The van der Waals surface area contributed by atoms with Gasteiger partial charge in [-0.2, -0.15) is 5.06 Å². The first-order valence-electron chi connectivity index (χ1n) is 4.15. The van der Waals surface area contributed by atoms with Gasteiger partial charge in [-0.3, -0.25) is 0 Å². The molecule has 2 rings (SSSR count). The largest absolute Gasteiger partial charge is 0.313 e. The maximum atomic E-state index is 9.45. The Balaban J connectivity index is 2.25. The van der Waals surface area contributed by atoms with Gasteiger partial charge >= 0.3 is 0 Å². The van der Waals surface area contributed by atoms with E-state index < -0.39 is 0 Å². The molecular formula is C10H10ClNO. The molecule has 1 heterocycles. The van der Waals surface area contributed by atoms with Crippen molar-refractivity contribution in [2.45, 2.75) is 6.04 Å². The lowest BCUT2D eigenvalue weighted by molar-refractivity contribution is -0.0966. The quantitative estimate of drug-likeness (QED) is 0.697. The molecule has 3 heteroatoms. The Kier molecular flexibility index (Phi) is 2.36. The van der Waals surface area contributed by atoms with E-state index in [9.17, 15) is 5.21 Å². The van der Waals surface area contributed by atoms with Gasteiger partial charge < -0.3 is 5.21 Å². The Morgan fingerprint density at radius 1 is 1.31 bits per heavy atom. The molecule has 13 heavy (non-hydrogen) atoms. The van der Waals surface area contributed by atoms with Gasteiger partial charge in [-0.05, 0) is 17.7 Å². The Bertz CT molecular complexity index is 320. The third-order valence-electron chi connectivity index (χ3n) is 2.14. The fourth-order valence-corrected chi connectivity index (χ4v) is 1.58. The maximum absolute atomic E-state index is 9.45. The normalized spacial score (nSPS) is 22.5. The smallest absolute Gasteiger partial charge is 0.0784 e. The number of hydrogen-bond acceptors (Lipinski definition) is 2. The highest BCUT2D eigenvalue weighted by Gasteiger charge is 2.18. The van der Waals surface area contributed by atoms with Crippen LogP contribution in [0, 0.1) is 0 Å². The van der Waals surface area contributed by atoms with Crippen LogP contribution in [0.1, 0.15) is 11.6 Å². The maximum Gasteiger partial charge on any atom is 0.0784 e. The molecule has 0 saturated carbocycles. The van der Waals surface area contributed by atoms with Gasteiger partial charge in [-0.15, -0.1) is 0 Å². The first kappa shape index (κ1) is 8.75. The van der Waals surface area contributed by atoms with E-state index in [1.54, 1.807) is 0 Å². The van der Waals surface area contributed by atoms with Crippen molar-refractivity contribution in [3.63, 3.8) is 0 Å². The topological polar surface area (TPSA) is 23.5 Å². The summed E-state index contributed by atoms with van der Waals surface area (Å²) >= 11 is 5.76. The number of rotatable bonds is 1. The summed E-state index contributed by atoms with van der Waals surface area (Å²) in [5, 5.41) is 11.5. The lowest BCUT2D eigenvalue weighted by atomic mass is 10.1. The molecule has 1 atom stereocenters. The summed E-state index contributed by atoms with van der Waals surface area (Å²) in [7, 11) is 0. The molecule has 0 spiro atoms. The van der Waals surface area contributed by atoms with Crippen LogP contribution in [0.15, 0.2) is 36.4 Å². The van der Waals surface area contributed by atoms with Gasteiger partial charge in [-0.25, -0.2) is 0 Å². The fraction of sp³-hybridized carbons (Fsp3) is 0.200. The van der Waals surface area contributed by atoms with Gasteiger partial charge in [0.1, 0.15) is 0 Å². The lowest BCUT2D eigenvalue weighted by Crippen LogP contribution is -2.18. The first-order chi connectivity index (χ1) is 6.27. The minimum absolute atomic E-state index is 0.0164. The van der Waals surface area contributed by atoms with Crippen LogP contribution in [0.3, 0.4) is 0 Å². The van der Waals surface area contributed by atoms with Gasteiger partial charge in [-0.1, -0.05) is 35.9 Å². The molecule has 0 fully saturated rings. The van der Waals surface area contributed by atoms with E-state index in [-0.39, 0.29) is 6.04 Å². The minimum atomic E-state index is -0.0164.